The fourth-order valence-corrected chi connectivity index (χ4v) is 4.69. The van der Waals surface area contributed by atoms with E-state index in [-0.39, 0.29) is 15.4 Å². The van der Waals surface area contributed by atoms with Gasteiger partial charge >= 0.3 is 0 Å². The first-order valence-corrected chi connectivity index (χ1v) is 10.1. The average Bonchev–Trinajstić information content (AvgIpc) is 2.67. The SMILES string of the molecule is O=S(=O)(c1cccc(F)c1)c1cnc2cc(Cl)ccc2c1-c1cccc(F)c1. The quantitative estimate of drug-likeness (QED) is 0.433. The second-order valence-electron chi connectivity index (χ2n) is 6.13. The third-order valence-electron chi connectivity index (χ3n) is 4.31. The Morgan fingerprint density at radius 1 is 0.857 bits per heavy atom. The van der Waals surface area contributed by atoms with Gasteiger partial charge in [0.05, 0.1) is 15.3 Å². The van der Waals surface area contributed by atoms with E-state index < -0.39 is 21.5 Å². The van der Waals surface area contributed by atoms with Gasteiger partial charge in [0.25, 0.3) is 0 Å². The molecule has 0 unspecified atom stereocenters. The molecule has 0 aliphatic heterocycles. The Bertz CT molecular complexity index is 1320. The monoisotopic (exact) mass is 415 g/mol. The number of hydrogen-bond donors (Lipinski definition) is 0. The van der Waals surface area contributed by atoms with Crippen LogP contribution in [0, 0.1) is 11.6 Å². The number of aromatic nitrogens is 1. The van der Waals surface area contributed by atoms with Crippen LogP contribution in [0.25, 0.3) is 22.0 Å². The maximum Gasteiger partial charge on any atom is 0.208 e. The van der Waals surface area contributed by atoms with Gasteiger partial charge in [0.1, 0.15) is 11.6 Å². The molecule has 4 rings (SSSR count). The van der Waals surface area contributed by atoms with E-state index in [0.29, 0.717) is 21.5 Å². The minimum atomic E-state index is -4.11. The molecule has 28 heavy (non-hydrogen) atoms. The third-order valence-corrected chi connectivity index (χ3v) is 6.30. The minimum Gasteiger partial charge on any atom is -0.255 e. The van der Waals surface area contributed by atoms with E-state index >= 15 is 0 Å². The third kappa shape index (κ3) is 3.25. The van der Waals surface area contributed by atoms with Crippen LogP contribution >= 0.6 is 11.6 Å². The molecule has 3 aromatic carbocycles. The Morgan fingerprint density at radius 2 is 1.57 bits per heavy atom. The molecular weight excluding hydrogens is 404 g/mol. The van der Waals surface area contributed by atoms with Crippen molar-refractivity contribution in [3.05, 3.63) is 89.6 Å². The summed E-state index contributed by atoms with van der Waals surface area (Å²) < 4.78 is 54.0. The summed E-state index contributed by atoms with van der Waals surface area (Å²) >= 11 is 6.03. The number of hydrogen-bond acceptors (Lipinski definition) is 3. The van der Waals surface area contributed by atoms with Gasteiger partial charge in [0.2, 0.25) is 9.84 Å². The second-order valence-corrected chi connectivity index (χ2v) is 8.48. The molecule has 0 saturated carbocycles. The lowest BCUT2D eigenvalue weighted by molar-refractivity contribution is 0.591. The van der Waals surface area contributed by atoms with E-state index in [1.807, 2.05) is 0 Å². The molecule has 7 heteroatoms. The van der Waals surface area contributed by atoms with E-state index in [1.165, 1.54) is 36.5 Å². The van der Waals surface area contributed by atoms with Crippen molar-refractivity contribution in [1.29, 1.82) is 0 Å². The molecule has 0 amide bonds. The standard InChI is InChI=1S/C21H12ClF2NO2S/c22-14-7-8-18-19(10-14)25-12-20(21(18)13-3-1-4-15(23)9-13)28(26,27)17-6-2-5-16(24)11-17/h1-12H. The van der Waals surface area contributed by atoms with Gasteiger partial charge in [0, 0.05) is 22.2 Å². The van der Waals surface area contributed by atoms with Crippen LogP contribution in [0.1, 0.15) is 0 Å². The van der Waals surface area contributed by atoms with Crippen molar-refractivity contribution < 1.29 is 17.2 Å². The molecule has 4 aromatic rings. The predicted octanol–water partition coefficient (Wildman–Crippen LogP) is 5.67. The zero-order valence-corrected chi connectivity index (χ0v) is 15.8. The number of halogens is 3. The molecule has 0 aliphatic rings. The molecule has 3 nitrogen and oxygen atoms in total. The molecule has 0 fully saturated rings. The fraction of sp³-hybridized carbons (Fsp3) is 0. The lowest BCUT2D eigenvalue weighted by atomic mass is 10.0. The van der Waals surface area contributed by atoms with Gasteiger partial charge in [0.15, 0.2) is 0 Å². The maximum absolute atomic E-state index is 13.9. The summed E-state index contributed by atoms with van der Waals surface area (Å²) in [7, 11) is -4.11. The first kappa shape index (κ1) is 18.5. The smallest absolute Gasteiger partial charge is 0.208 e. The first-order chi connectivity index (χ1) is 13.4. The highest BCUT2D eigenvalue weighted by molar-refractivity contribution is 7.91. The normalized spacial score (nSPS) is 11.7. The summed E-state index contributed by atoms with van der Waals surface area (Å²) in [6.45, 7) is 0. The van der Waals surface area contributed by atoms with E-state index in [4.69, 9.17) is 11.6 Å². The van der Waals surface area contributed by atoms with Gasteiger partial charge in [-0.05, 0) is 48.0 Å². The summed E-state index contributed by atoms with van der Waals surface area (Å²) in [4.78, 5) is 3.87. The summed E-state index contributed by atoms with van der Waals surface area (Å²) in [6.07, 6.45) is 1.19. The van der Waals surface area contributed by atoms with Crippen molar-refractivity contribution in [2.75, 3.05) is 0 Å². The number of fused-ring (bicyclic) bond motifs is 1. The molecule has 1 heterocycles. The molecule has 0 aliphatic carbocycles. The van der Waals surface area contributed by atoms with Crippen LogP contribution in [-0.4, -0.2) is 13.4 Å². The van der Waals surface area contributed by atoms with Crippen LogP contribution in [0.5, 0.6) is 0 Å². The largest absolute Gasteiger partial charge is 0.255 e. The topological polar surface area (TPSA) is 47.0 Å². The van der Waals surface area contributed by atoms with E-state index in [9.17, 15) is 17.2 Å². The van der Waals surface area contributed by atoms with Gasteiger partial charge < -0.3 is 0 Å². The second kappa shape index (κ2) is 6.96. The van der Waals surface area contributed by atoms with Crippen molar-refractivity contribution >= 4 is 32.3 Å². The van der Waals surface area contributed by atoms with Crippen LogP contribution < -0.4 is 0 Å². The van der Waals surface area contributed by atoms with Crippen LogP contribution in [0.2, 0.25) is 5.02 Å². The Balaban J connectivity index is 2.09. The Kier molecular flexibility index (Phi) is 4.61. The predicted molar refractivity (Wildman–Crippen MR) is 104 cm³/mol. The number of sulfone groups is 1. The van der Waals surface area contributed by atoms with Crippen LogP contribution in [0.3, 0.4) is 0 Å². The Labute approximate surface area is 165 Å². The lowest BCUT2D eigenvalue weighted by Crippen LogP contribution is -2.06. The summed E-state index contributed by atoms with van der Waals surface area (Å²) in [5.74, 6) is -1.18. The van der Waals surface area contributed by atoms with Gasteiger partial charge in [-0.2, -0.15) is 0 Å². The zero-order chi connectivity index (χ0) is 19.9. The Morgan fingerprint density at radius 3 is 2.29 bits per heavy atom. The van der Waals surface area contributed by atoms with Crippen LogP contribution in [-0.2, 0) is 9.84 Å². The summed E-state index contributed by atoms with van der Waals surface area (Å²) in [5.41, 5.74) is 1.11. The van der Waals surface area contributed by atoms with E-state index in [0.717, 1.165) is 12.1 Å². The van der Waals surface area contributed by atoms with Crippen LogP contribution in [0.15, 0.2) is 82.7 Å². The maximum atomic E-state index is 13.9. The van der Waals surface area contributed by atoms with Gasteiger partial charge in [-0.25, -0.2) is 17.2 Å². The van der Waals surface area contributed by atoms with E-state index in [1.54, 1.807) is 24.3 Å². The molecule has 0 N–H and O–H groups in total. The number of pyridine rings is 1. The highest BCUT2D eigenvalue weighted by Crippen LogP contribution is 2.37. The van der Waals surface area contributed by atoms with Crippen molar-refractivity contribution in [2.45, 2.75) is 9.79 Å². The molecule has 0 bridgehead atoms. The van der Waals surface area contributed by atoms with Gasteiger partial charge in [-0.1, -0.05) is 35.9 Å². The number of rotatable bonds is 3. The van der Waals surface area contributed by atoms with Gasteiger partial charge in [-0.3, -0.25) is 4.98 Å². The molecule has 140 valence electrons. The average molecular weight is 416 g/mol. The fourth-order valence-electron chi connectivity index (χ4n) is 3.06. The first-order valence-electron chi connectivity index (χ1n) is 8.21. The number of nitrogens with zero attached hydrogens (tertiary/aromatic N) is 1. The Hall–Kier alpha value is -2.83. The van der Waals surface area contributed by atoms with Crippen molar-refractivity contribution in [1.82, 2.24) is 4.98 Å². The van der Waals surface area contributed by atoms with Gasteiger partial charge in [-0.15, -0.1) is 0 Å². The van der Waals surface area contributed by atoms with Crippen molar-refractivity contribution in [3.63, 3.8) is 0 Å². The highest BCUT2D eigenvalue weighted by atomic mass is 35.5. The van der Waals surface area contributed by atoms with Crippen LogP contribution in [0.4, 0.5) is 8.78 Å². The minimum absolute atomic E-state index is 0.140. The highest BCUT2D eigenvalue weighted by Gasteiger charge is 2.25. The van der Waals surface area contributed by atoms with Crippen molar-refractivity contribution in [2.24, 2.45) is 0 Å². The summed E-state index contributed by atoms with van der Waals surface area (Å²) in [6, 6.07) is 15.2. The zero-order valence-electron chi connectivity index (χ0n) is 14.2. The molecule has 0 saturated heterocycles. The lowest BCUT2D eigenvalue weighted by Gasteiger charge is -2.14. The van der Waals surface area contributed by atoms with Crippen molar-refractivity contribution in [3.8, 4) is 11.1 Å². The summed E-state index contributed by atoms with van der Waals surface area (Å²) in [5, 5.41) is 0.929. The molecule has 0 spiro atoms. The molecule has 0 radical (unpaired) electrons. The molecule has 0 atom stereocenters. The number of benzene rings is 3. The van der Waals surface area contributed by atoms with E-state index in [2.05, 4.69) is 4.98 Å². The molecular formula is C21H12ClF2NO2S. The molecule has 1 aromatic heterocycles.